The van der Waals surface area contributed by atoms with Gasteiger partial charge >= 0.3 is 0 Å². The lowest BCUT2D eigenvalue weighted by molar-refractivity contribution is 0.0780. The lowest BCUT2D eigenvalue weighted by Gasteiger charge is -2.15. The van der Waals surface area contributed by atoms with Crippen molar-refractivity contribution >= 4 is 39.1 Å². The Bertz CT molecular complexity index is 1370. The molecule has 6 nitrogen and oxygen atoms in total. The summed E-state index contributed by atoms with van der Waals surface area (Å²) in [5.74, 6) is 2.07. The van der Waals surface area contributed by atoms with Crippen LogP contribution in [0.5, 0.6) is 0 Å². The van der Waals surface area contributed by atoms with Gasteiger partial charge in [0.15, 0.2) is 0 Å². The number of halogens is 1. The van der Waals surface area contributed by atoms with E-state index < -0.39 is 0 Å². The van der Waals surface area contributed by atoms with Crippen molar-refractivity contribution in [1.82, 2.24) is 14.5 Å². The SMILES string of the molecule is Cc1c(C(=O)N(C)Cc2ccc(-c3ccc(Cl)cc3)o2)sc2nc3n(c(=O)c12)CCC3. The van der Waals surface area contributed by atoms with Crippen LogP contribution in [0.25, 0.3) is 21.5 Å². The van der Waals surface area contributed by atoms with Crippen LogP contribution in [0.1, 0.15) is 33.2 Å². The Morgan fingerprint density at radius 1 is 1.26 bits per heavy atom. The number of aromatic nitrogens is 2. The number of hydrogen-bond donors (Lipinski definition) is 0. The average molecular weight is 454 g/mol. The Labute approximate surface area is 187 Å². The van der Waals surface area contributed by atoms with Gasteiger partial charge in [-0.1, -0.05) is 11.6 Å². The van der Waals surface area contributed by atoms with Gasteiger partial charge in [-0.25, -0.2) is 4.98 Å². The number of carbonyl (C=O) groups is 1. The van der Waals surface area contributed by atoms with Crippen LogP contribution in [0.3, 0.4) is 0 Å². The summed E-state index contributed by atoms with van der Waals surface area (Å²) in [5, 5.41) is 1.23. The molecule has 0 N–H and O–H groups in total. The van der Waals surface area contributed by atoms with Gasteiger partial charge in [0, 0.05) is 30.6 Å². The molecule has 1 aromatic carbocycles. The van der Waals surface area contributed by atoms with Crippen molar-refractivity contribution in [2.75, 3.05) is 7.05 Å². The third-order valence-corrected chi connectivity index (χ3v) is 7.06. The zero-order valence-electron chi connectivity index (χ0n) is 17.1. The molecule has 4 aromatic rings. The number of amides is 1. The third-order valence-electron chi connectivity index (χ3n) is 5.64. The van der Waals surface area contributed by atoms with Crippen molar-refractivity contribution in [1.29, 1.82) is 0 Å². The second-order valence-electron chi connectivity index (χ2n) is 7.76. The van der Waals surface area contributed by atoms with Gasteiger partial charge in [-0.05, 0) is 55.3 Å². The van der Waals surface area contributed by atoms with E-state index in [2.05, 4.69) is 4.98 Å². The summed E-state index contributed by atoms with van der Waals surface area (Å²) in [6, 6.07) is 11.2. The van der Waals surface area contributed by atoms with Gasteiger partial charge < -0.3 is 9.32 Å². The smallest absolute Gasteiger partial charge is 0.264 e. The minimum absolute atomic E-state index is 0.0356. The normalized spacial score (nSPS) is 13.0. The molecule has 158 valence electrons. The summed E-state index contributed by atoms with van der Waals surface area (Å²) in [4.78, 5) is 33.5. The lowest BCUT2D eigenvalue weighted by Crippen LogP contribution is -2.26. The summed E-state index contributed by atoms with van der Waals surface area (Å²) in [6.45, 7) is 2.85. The first kappa shape index (κ1) is 20.0. The fraction of sp³-hybridized carbons (Fsp3) is 0.261. The van der Waals surface area contributed by atoms with Crippen LogP contribution < -0.4 is 5.56 Å². The fourth-order valence-electron chi connectivity index (χ4n) is 3.99. The van der Waals surface area contributed by atoms with Crippen LogP contribution in [0.15, 0.2) is 45.6 Å². The predicted molar refractivity (Wildman–Crippen MR) is 122 cm³/mol. The molecule has 1 aliphatic rings. The van der Waals surface area contributed by atoms with Crippen LogP contribution in [0, 0.1) is 6.92 Å². The molecule has 0 saturated heterocycles. The Balaban J connectivity index is 1.40. The Morgan fingerprint density at radius 2 is 2.03 bits per heavy atom. The minimum atomic E-state index is -0.144. The van der Waals surface area contributed by atoms with Gasteiger partial charge in [-0.2, -0.15) is 0 Å². The largest absolute Gasteiger partial charge is 0.459 e. The molecule has 3 aromatic heterocycles. The number of benzene rings is 1. The van der Waals surface area contributed by atoms with E-state index in [-0.39, 0.29) is 11.5 Å². The van der Waals surface area contributed by atoms with Gasteiger partial charge in [0.2, 0.25) is 0 Å². The predicted octanol–water partition coefficient (Wildman–Crippen LogP) is 4.90. The fourth-order valence-corrected chi connectivity index (χ4v) is 5.30. The van der Waals surface area contributed by atoms with Crippen molar-refractivity contribution in [3.05, 3.63) is 73.8 Å². The molecule has 0 spiro atoms. The van der Waals surface area contributed by atoms with E-state index >= 15 is 0 Å². The maximum absolute atomic E-state index is 13.2. The van der Waals surface area contributed by atoms with Gasteiger partial charge in [-0.3, -0.25) is 14.2 Å². The molecule has 4 heterocycles. The number of carbonyl (C=O) groups excluding carboxylic acids is 1. The van der Waals surface area contributed by atoms with Crippen molar-refractivity contribution in [3.63, 3.8) is 0 Å². The quantitative estimate of drug-likeness (QED) is 0.440. The van der Waals surface area contributed by atoms with E-state index in [4.69, 9.17) is 16.0 Å². The topological polar surface area (TPSA) is 68.3 Å². The van der Waals surface area contributed by atoms with Crippen molar-refractivity contribution < 1.29 is 9.21 Å². The highest BCUT2D eigenvalue weighted by Gasteiger charge is 2.25. The van der Waals surface area contributed by atoms with Crippen molar-refractivity contribution in [2.24, 2.45) is 0 Å². The lowest BCUT2D eigenvalue weighted by atomic mass is 10.2. The molecule has 0 aliphatic carbocycles. The number of hydrogen-bond acceptors (Lipinski definition) is 5. The number of nitrogens with zero attached hydrogens (tertiary/aromatic N) is 3. The van der Waals surface area contributed by atoms with E-state index in [1.807, 2.05) is 43.3 Å². The molecule has 0 saturated carbocycles. The van der Waals surface area contributed by atoms with Gasteiger partial charge in [0.1, 0.15) is 22.2 Å². The highest BCUT2D eigenvalue weighted by molar-refractivity contribution is 7.20. The summed E-state index contributed by atoms with van der Waals surface area (Å²) in [7, 11) is 1.73. The number of furan rings is 1. The second-order valence-corrected chi connectivity index (χ2v) is 9.19. The minimum Gasteiger partial charge on any atom is -0.459 e. The maximum Gasteiger partial charge on any atom is 0.264 e. The molecule has 1 amide bonds. The number of rotatable bonds is 4. The van der Waals surface area contributed by atoms with Crippen molar-refractivity contribution in [3.8, 4) is 11.3 Å². The first-order chi connectivity index (χ1) is 14.9. The zero-order valence-corrected chi connectivity index (χ0v) is 18.7. The molecule has 0 unspecified atom stereocenters. The van der Waals surface area contributed by atoms with Gasteiger partial charge in [-0.15, -0.1) is 11.3 Å². The van der Waals surface area contributed by atoms with Crippen LogP contribution in [-0.2, 0) is 19.5 Å². The highest BCUT2D eigenvalue weighted by atomic mass is 35.5. The highest BCUT2D eigenvalue weighted by Crippen LogP contribution is 2.30. The first-order valence-electron chi connectivity index (χ1n) is 10.1. The standard InChI is InChI=1S/C23H20ClN3O3S/c1-13-19-21(25-18-4-3-11-27(18)22(19)28)31-20(13)23(29)26(2)12-16-9-10-17(30-16)14-5-7-15(24)8-6-14/h5-10H,3-4,11-12H2,1-2H3. The Morgan fingerprint density at radius 3 is 2.81 bits per heavy atom. The average Bonchev–Trinajstić information content (AvgIpc) is 3.48. The summed E-state index contributed by atoms with van der Waals surface area (Å²) < 4.78 is 7.67. The second kappa shape index (κ2) is 7.66. The Hall–Kier alpha value is -2.90. The molecule has 1 aliphatic heterocycles. The van der Waals surface area contributed by atoms with Crippen LogP contribution in [-0.4, -0.2) is 27.4 Å². The molecule has 0 radical (unpaired) electrons. The molecule has 31 heavy (non-hydrogen) atoms. The van der Waals surface area contributed by atoms with E-state index in [9.17, 15) is 9.59 Å². The van der Waals surface area contributed by atoms with E-state index in [0.29, 0.717) is 44.5 Å². The summed E-state index contributed by atoms with van der Waals surface area (Å²) in [5.41, 5.74) is 1.59. The van der Waals surface area contributed by atoms with Gasteiger partial charge in [0.05, 0.1) is 16.8 Å². The zero-order chi connectivity index (χ0) is 21.7. The molecule has 0 atom stereocenters. The third kappa shape index (κ3) is 3.47. The Kier molecular flexibility index (Phi) is 4.95. The molecular weight excluding hydrogens is 434 g/mol. The van der Waals surface area contributed by atoms with Crippen LogP contribution in [0.2, 0.25) is 5.02 Å². The summed E-state index contributed by atoms with van der Waals surface area (Å²) >= 11 is 7.24. The van der Waals surface area contributed by atoms with E-state index in [1.165, 1.54) is 11.3 Å². The molecule has 8 heteroatoms. The van der Waals surface area contributed by atoms with E-state index in [0.717, 1.165) is 30.0 Å². The maximum atomic E-state index is 13.2. The van der Waals surface area contributed by atoms with Gasteiger partial charge in [0.25, 0.3) is 11.5 Å². The molecular formula is C23H20ClN3O3S. The monoisotopic (exact) mass is 453 g/mol. The first-order valence-corrected chi connectivity index (χ1v) is 11.2. The summed E-state index contributed by atoms with van der Waals surface area (Å²) in [6.07, 6.45) is 1.74. The number of thiophene rings is 1. The number of aryl methyl sites for hydroxylation is 2. The number of fused-ring (bicyclic) bond motifs is 2. The van der Waals surface area contributed by atoms with Crippen molar-refractivity contribution in [2.45, 2.75) is 32.9 Å². The van der Waals surface area contributed by atoms with E-state index in [1.54, 1.807) is 16.5 Å². The molecule has 0 fully saturated rings. The van der Waals surface area contributed by atoms with Crippen LogP contribution >= 0.6 is 22.9 Å². The van der Waals surface area contributed by atoms with Crippen LogP contribution in [0.4, 0.5) is 0 Å². The molecule has 5 rings (SSSR count). The molecule has 0 bridgehead atoms.